The minimum absolute atomic E-state index is 0.286. The summed E-state index contributed by atoms with van der Waals surface area (Å²) >= 11 is 0. The van der Waals surface area contributed by atoms with Crippen LogP contribution in [0.3, 0.4) is 0 Å². The van der Waals surface area contributed by atoms with E-state index in [0.29, 0.717) is 0 Å². The van der Waals surface area contributed by atoms with Crippen LogP contribution in [0.4, 0.5) is 0 Å². The Morgan fingerprint density at radius 1 is 1.03 bits per heavy atom. The minimum atomic E-state index is -0.510. The SMILES string of the molecule is Cc1cn(Cc2ccc(C3C[C@@H]4CN(C)C[C@@H]4C3)cc2)c2ccc(-n3nc(C(N)=O)cc3C)cc12. The van der Waals surface area contributed by atoms with E-state index in [9.17, 15) is 4.79 Å². The van der Waals surface area contributed by atoms with Crippen LogP contribution in [-0.2, 0) is 6.54 Å². The van der Waals surface area contributed by atoms with E-state index in [-0.39, 0.29) is 5.69 Å². The largest absolute Gasteiger partial charge is 0.364 e. The molecule has 2 aliphatic rings. The first kappa shape index (κ1) is 22.1. The van der Waals surface area contributed by atoms with Gasteiger partial charge in [0, 0.05) is 42.4 Å². The number of benzene rings is 2. The van der Waals surface area contributed by atoms with Crippen molar-refractivity contribution in [2.24, 2.45) is 17.6 Å². The van der Waals surface area contributed by atoms with Gasteiger partial charge in [-0.15, -0.1) is 0 Å². The number of amides is 1. The Morgan fingerprint density at radius 3 is 2.40 bits per heavy atom. The second kappa shape index (κ2) is 8.38. The molecule has 1 unspecified atom stereocenters. The number of rotatable bonds is 5. The standard InChI is InChI=1S/C29H33N5O/c1-18-14-33(28-9-8-25(13-26(18)28)34-19(2)10-27(31-34)29(30)35)15-20-4-6-21(7-5-20)22-11-23-16-32(3)17-24(23)12-22/h4-10,13-14,22-24H,11-12,15-17H2,1-3H3,(H2,30,35)/t22?,23-,24+. The fourth-order valence-corrected chi connectivity index (χ4v) is 6.48. The number of nitrogens with two attached hydrogens (primary N) is 1. The van der Waals surface area contributed by atoms with Gasteiger partial charge < -0.3 is 15.2 Å². The maximum atomic E-state index is 11.5. The molecule has 4 aromatic rings. The number of hydrogen-bond acceptors (Lipinski definition) is 3. The zero-order chi connectivity index (χ0) is 24.3. The van der Waals surface area contributed by atoms with Crippen molar-refractivity contribution in [1.29, 1.82) is 0 Å². The molecule has 0 spiro atoms. The number of nitrogens with zero attached hydrogens (tertiary/aromatic N) is 4. The Balaban J connectivity index is 1.22. The molecule has 3 heterocycles. The molecule has 1 saturated heterocycles. The average molecular weight is 468 g/mol. The summed E-state index contributed by atoms with van der Waals surface area (Å²) in [5.41, 5.74) is 12.8. The smallest absolute Gasteiger partial charge is 0.269 e. The number of aromatic nitrogens is 3. The third-order valence-corrected chi connectivity index (χ3v) is 8.19. The number of primary amides is 1. The van der Waals surface area contributed by atoms with Crippen molar-refractivity contribution in [2.75, 3.05) is 20.1 Å². The Kier molecular flexibility index (Phi) is 5.29. The molecule has 1 aliphatic carbocycles. The van der Waals surface area contributed by atoms with E-state index in [1.165, 1.54) is 53.5 Å². The monoisotopic (exact) mass is 467 g/mol. The number of hydrogen-bond donors (Lipinski definition) is 1. The van der Waals surface area contributed by atoms with E-state index in [1.807, 2.05) is 6.92 Å². The van der Waals surface area contributed by atoms with Gasteiger partial charge >= 0.3 is 0 Å². The molecule has 2 aromatic carbocycles. The van der Waals surface area contributed by atoms with Crippen molar-refractivity contribution in [3.05, 3.63) is 82.8 Å². The molecule has 1 amide bonds. The first-order chi connectivity index (χ1) is 16.9. The van der Waals surface area contributed by atoms with Gasteiger partial charge in [0.25, 0.3) is 5.91 Å². The van der Waals surface area contributed by atoms with E-state index in [0.717, 1.165) is 35.7 Å². The molecule has 6 nitrogen and oxygen atoms in total. The highest BCUT2D eigenvalue weighted by Crippen LogP contribution is 2.45. The van der Waals surface area contributed by atoms with Crippen LogP contribution in [0.2, 0.25) is 0 Å². The summed E-state index contributed by atoms with van der Waals surface area (Å²) in [5, 5.41) is 5.58. The molecule has 180 valence electrons. The lowest BCUT2D eigenvalue weighted by Crippen LogP contribution is -2.16. The van der Waals surface area contributed by atoms with Gasteiger partial charge in [-0.25, -0.2) is 4.68 Å². The molecule has 1 saturated carbocycles. The van der Waals surface area contributed by atoms with E-state index in [4.69, 9.17) is 5.73 Å². The predicted octanol–water partition coefficient (Wildman–Crippen LogP) is 4.65. The summed E-state index contributed by atoms with van der Waals surface area (Å²) in [5.74, 6) is 1.99. The predicted molar refractivity (Wildman–Crippen MR) is 139 cm³/mol. The maximum absolute atomic E-state index is 11.5. The van der Waals surface area contributed by atoms with Crippen molar-refractivity contribution in [2.45, 2.75) is 39.2 Å². The lowest BCUT2D eigenvalue weighted by molar-refractivity contribution is 0.0995. The Hall–Kier alpha value is -3.38. The van der Waals surface area contributed by atoms with Gasteiger partial charge in [-0.3, -0.25) is 4.79 Å². The van der Waals surface area contributed by atoms with Gasteiger partial charge in [0.15, 0.2) is 5.69 Å². The fraction of sp³-hybridized carbons (Fsp3) is 0.379. The lowest BCUT2D eigenvalue weighted by atomic mass is 9.95. The molecule has 2 fully saturated rings. The van der Waals surface area contributed by atoms with E-state index in [2.05, 4.69) is 77.2 Å². The average Bonchev–Trinajstić information content (AvgIpc) is 3.57. The van der Waals surface area contributed by atoms with Crippen LogP contribution in [-0.4, -0.2) is 45.3 Å². The van der Waals surface area contributed by atoms with Crippen LogP contribution in [0.5, 0.6) is 0 Å². The van der Waals surface area contributed by atoms with Crippen LogP contribution in [0.25, 0.3) is 16.6 Å². The van der Waals surface area contributed by atoms with Crippen molar-refractivity contribution in [3.63, 3.8) is 0 Å². The summed E-state index contributed by atoms with van der Waals surface area (Å²) in [6, 6.07) is 17.4. The van der Waals surface area contributed by atoms with Crippen LogP contribution >= 0.6 is 0 Å². The lowest BCUT2D eigenvalue weighted by Gasteiger charge is -2.15. The van der Waals surface area contributed by atoms with Gasteiger partial charge in [-0.05, 0) is 92.4 Å². The van der Waals surface area contributed by atoms with Gasteiger partial charge in [0.1, 0.15) is 0 Å². The van der Waals surface area contributed by atoms with Gasteiger partial charge in [0.2, 0.25) is 0 Å². The summed E-state index contributed by atoms with van der Waals surface area (Å²) < 4.78 is 4.11. The number of fused-ring (bicyclic) bond motifs is 2. The topological polar surface area (TPSA) is 69.1 Å². The Labute approximate surface area is 206 Å². The van der Waals surface area contributed by atoms with Crippen LogP contribution in [0.1, 0.15) is 51.6 Å². The van der Waals surface area contributed by atoms with E-state index < -0.39 is 5.91 Å². The Bertz CT molecular complexity index is 1400. The maximum Gasteiger partial charge on any atom is 0.269 e. The molecule has 6 rings (SSSR count). The van der Waals surface area contributed by atoms with Crippen molar-refractivity contribution in [3.8, 4) is 5.69 Å². The van der Waals surface area contributed by atoms with E-state index in [1.54, 1.807) is 10.7 Å². The Morgan fingerprint density at radius 2 is 1.74 bits per heavy atom. The highest BCUT2D eigenvalue weighted by atomic mass is 16.1. The molecule has 35 heavy (non-hydrogen) atoms. The first-order valence-electron chi connectivity index (χ1n) is 12.6. The van der Waals surface area contributed by atoms with E-state index >= 15 is 0 Å². The molecular formula is C29H33N5O. The summed E-state index contributed by atoms with van der Waals surface area (Å²) in [6.45, 7) is 7.46. The summed E-state index contributed by atoms with van der Waals surface area (Å²) in [6.07, 6.45) is 4.91. The van der Waals surface area contributed by atoms with Crippen LogP contribution in [0, 0.1) is 25.7 Å². The summed E-state index contributed by atoms with van der Waals surface area (Å²) in [7, 11) is 2.26. The first-order valence-corrected chi connectivity index (χ1v) is 12.6. The second-order valence-electron chi connectivity index (χ2n) is 10.7. The number of aryl methyl sites for hydroxylation is 2. The molecule has 2 aromatic heterocycles. The highest BCUT2D eigenvalue weighted by Gasteiger charge is 2.39. The summed E-state index contributed by atoms with van der Waals surface area (Å²) in [4.78, 5) is 14.0. The fourth-order valence-electron chi connectivity index (χ4n) is 6.48. The van der Waals surface area contributed by atoms with Crippen molar-refractivity contribution < 1.29 is 4.79 Å². The zero-order valence-corrected chi connectivity index (χ0v) is 20.7. The highest BCUT2D eigenvalue weighted by molar-refractivity contribution is 5.91. The molecule has 1 aliphatic heterocycles. The third kappa shape index (κ3) is 3.96. The van der Waals surface area contributed by atoms with Gasteiger partial charge in [-0.1, -0.05) is 24.3 Å². The van der Waals surface area contributed by atoms with Crippen LogP contribution < -0.4 is 5.73 Å². The molecular weight excluding hydrogens is 434 g/mol. The molecule has 0 bridgehead atoms. The normalized spacial score (nSPS) is 22.2. The second-order valence-corrected chi connectivity index (χ2v) is 10.7. The number of carbonyl (C=O) groups excluding carboxylic acids is 1. The number of carbonyl (C=O) groups is 1. The zero-order valence-electron chi connectivity index (χ0n) is 20.7. The molecule has 6 heteroatoms. The third-order valence-electron chi connectivity index (χ3n) is 8.19. The number of likely N-dealkylation sites (tertiary alicyclic amines) is 1. The van der Waals surface area contributed by atoms with Crippen molar-refractivity contribution in [1.82, 2.24) is 19.2 Å². The minimum Gasteiger partial charge on any atom is -0.364 e. The van der Waals surface area contributed by atoms with Crippen molar-refractivity contribution >= 4 is 16.8 Å². The molecule has 0 radical (unpaired) electrons. The van der Waals surface area contributed by atoms with Crippen LogP contribution in [0.15, 0.2) is 54.7 Å². The van der Waals surface area contributed by atoms with Gasteiger partial charge in [-0.2, -0.15) is 5.10 Å². The van der Waals surface area contributed by atoms with Gasteiger partial charge in [0.05, 0.1) is 5.69 Å². The molecule has 3 atom stereocenters. The molecule has 2 N–H and O–H groups in total. The quantitative estimate of drug-likeness (QED) is 0.465.